The van der Waals surface area contributed by atoms with Crippen molar-refractivity contribution in [3.05, 3.63) is 493 Å². The molecular formula is C138H98N10O. The molecule has 4 aliphatic carbocycles. The van der Waals surface area contributed by atoms with E-state index in [9.17, 15) is 0 Å². The van der Waals surface area contributed by atoms with E-state index in [4.69, 9.17) is 34.3 Å². The SMILES string of the molecule is CC1(C)c2ccccc2-c2c1ccc1c2c2ccccc2n1-c1ccc(-c2nc(-c3ccccc3)c3c(n2)-c2ccccc2C3(C)C)cc1.CC1(C)c2ccccc2-c2nc(-c3ccc(-n4c5ccccc5c5c6c7ccccc7n(-c7ccccc7)c6ccc54)cc3)nc(-c3ccccc3)c21.CC1(C)c2ccccc2-c2nc(-c3cccc(-n4c5ccccc5c5c6c(ccc54)oc4ccccc46)c3)nc(-c3ccccc3)c21. The summed E-state index contributed by atoms with van der Waals surface area (Å²) in [6, 6.07) is 160. The van der Waals surface area contributed by atoms with E-state index in [2.05, 4.69) is 510 Å². The zero-order chi connectivity index (χ0) is 99.6. The molecule has 0 saturated carbocycles. The lowest BCUT2D eigenvalue weighted by molar-refractivity contribution is 0.657. The fourth-order valence-corrected chi connectivity index (χ4v) is 25.7. The molecule has 0 saturated heterocycles. The van der Waals surface area contributed by atoms with Gasteiger partial charge in [0.15, 0.2) is 17.5 Å². The Bertz CT molecular complexity index is 10300. The molecule has 8 aromatic heterocycles. The van der Waals surface area contributed by atoms with Gasteiger partial charge in [-0.3, -0.25) is 0 Å². The first-order valence-electron chi connectivity index (χ1n) is 51.6. The fraction of sp³-hybridized carbons (Fsp3) is 0.0870. The molecule has 0 atom stereocenters. The molecule has 706 valence electrons. The molecule has 0 amide bonds. The van der Waals surface area contributed by atoms with Gasteiger partial charge in [0.05, 0.1) is 78.3 Å². The number of hydrogen-bond donors (Lipinski definition) is 0. The minimum Gasteiger partial charge on any atom is -0.456 e. The van der Waals surface area contributed by atoms with Crippen LogP contribution < -0.4 is 0 Å². The van der Waals surface area contributed by atoms with Crippen molar-refractivity contribution in [3.8, 4) is 136 Å². The van der Waals surface area contributed by atoms with Gasteiger partial charge in [0.1, 0.15) is 11.2 Å². The Morgan fingerprint density at radius 1 is 0.181 bits per heavy atom. The van der Waals surface area contributed by atoms with Crippen LogP contribution in [0, 0.1) is 0 Å². The second kappa shape index (κ2) is 33.0. The maximum Gasteiger partial charge on any atom is 0.160 e. The van der Waals surface area contributed by atoms with E-state index in [1.165, 1.54) is 149 Å². The Hall–Kier alpha value is -18.6. The van der Waals surface area contributed by atoms with E-state index < -0.39 is 0 Å². The van der Waals surface area contributed by atoms with Crippen molar-refractivity contribution in [1.29, 1.82) is 0 Å². The fourth-order valence-electron chi connectivity index (χ4n) is 25.7. The van der Waals surface area contributed by atoms with Gasteiger partial charge < -0.3 is 22.7 Å². The molecule has 4 aliphatic rings. The number of fused-ring (bicyclic) bond motifs is 30. The summed E-state index contributed by atoms with van der Waals surface area (Å²) in [6.45, 7) is 18.5. The summed E-state index contributed by atoms with van der Waals surface area (Å²) >= 11 is 0. The van der Waals surface area contributed by atoms with E-state index in [1.54, 1.807) is 0 Å². The highest BCUT2D eigenvalue weighted by Crippen LogP contribution is 2.59. The average molecular weight is 1910 g/mol. The van der Waals surface area contributed by atoms with Crippen molar-refractivity contribution in [1.82, 2.24) is 48.2 Å². The number of benzene rings is 19. The Morgan fingerprint density at radius 3 is 0.906 bits per heavy atom. The van der Waals surface area contributed by atoms with E-state index in [0.29, 0.717) is 0 Å². The summed E-state index contributed by atoms with van der Waals surface area (Å²) in [5.41, 5.74) is 43.9. The summed E-state index contributed by atoms with van der Waals surface area (Å²) < 4.78 is 15.9. The van der Waals surface area contributed by atoms with Gasteiger partial charge in [0.2, 0.25) is 0 Å². The Morgan fingerprint density at radius 2 is 0.477 bits per heavy atom. The smallest absolute Gasteiger partial charge is 0.160 e. The van der Waals surface area contributed by atoms with Crippen LogP contribution in [0.4, 0.5) is 0 Å². The summed E-state index contributed by atoms with van der Waals surface area (Å²) in [7, 11) is 0. The van der Waals surface area contributed by atoms with Gasteiger partial charge in [-0.05, 0) is 172 Å². The second-order valence-corrected chi connectivity index (χ2v) is 42.2. The quantitative estimate of drug-likeness (QED) is 0.134. The van der Waals surface area contributed by atoms with Crippen LogP contribution in [0.2, 0.25) is 0 Å². The highest BCUT2D eigenvalue weighted by Gasteiger charge is 2.45. The summed E-state index contributed by atoms with van der Waals surface area (Å²) in [5, 5.41) is 12.3. The van der Waals surface area contributed by atoms with Crippen LogP contribution >= 0.6 is 0 Å². The molecule has 31 rings (SSSR count). The third kappa shape index (κ3) is 13.0. The van der Waals surface area contributed by atoms with Crippen LogP contribution in [0.1, 0.15) is 99.9 Å². The largest absolute Gasteiger partial charge is 0.456 e. The molecule has 27 aromatic rings. The standard InChI is InChI=1S/C49H34N4.C46H35N3.C43H29N3O/c1-49(2)38-22-12-9-19-35(38)47-45(49)46(31-15-5-3-6-16-31)50-48(51-47)32-25-27-34(28-26-32)53-40-24-14-11-21-37(40)44-42(53)30-29-41-43(44)36-20-10-13-23-39(36)52(41)33-17-7-4-8-18-33;1-45(2)34-19-11-8-16-31(34)39-36(45)26-27-38-40(39)33-18-10-13-21-37(33)49(38)30-24-22-29(23-25-30)44-47-42(28-14-6-5-7-15-28)41-43(48-44)32-17-9-12-20-35(32)46(41,3)4;1-43(2)32-20-9-6-17-29(32)41-39(43)40(26-13-4-3-5-14-26)44-42(45-41)27-15-12-16-28(25-27)46-33-21-10-7-18-30(33)37-34(46)23-24-36-38(37)31-19-8-11-22-35(31)47-36/h3-30H,1-2H3;5-27H,1-4H3;3-25H,1-2H3. The normalized spacial score (nSPS) is 13.9. The maximum atomic E-state index is 6.30. The molecule has 11 nitrogen and oxygen atoms in total. The van der Waals surface area contributed by atoms with Gasteiger partial charge in [-0.1, -0.05) is 371 Å². The minimum absolute atomic E-state index is 0.0465. The van der Waals surface area contributed by atoms with Crippen molar-refractivity contribution in [2.24, 2.45) is 0 Å². The van der Waals surface area contributed by atoms with Crippen LogP contribution in [0.5, 0.6) is 0 Å². The third-order valence-corrected chi connectivity index (χ3v) is 32.5. The Kier molecular flexibility index (Phi) is 19.3. The lowest BCUT2D eigenvalue weighted by Gasteiger charge is -2.23. The van der Waals surface area contributed by atoms with Crippen molar-refractivity contribution in [3.63, 3.8) is 0 Å². The van der Waals surface area contributed by atoms with Gasteiger partial charge >= 0.3 is 0 Å². The highest BCUT2D eigenvalue weighted by atomic mass is 16.3. The van der Waals surface area contributed by atoms with E-state index in [0.717, 1.165) is 141 Å². The highest BCUT2D eigenvalue weighted by molar-refractivity contribution is 6.30. The molecule has 0 spiro atoms. The molecule has 149 heavy (non-hydrogen) atoms. The molecular weight excluding hydrogens is 1810 g/mol. The van der Waals surface area contributed by atoms with E-state index in [1.807, 2.05) is 12.1 Å². The van der Waals surface area contributed by atoms with Gasteiger partial charge in [0, 0.05) is 165 Å². The number of para-hydroxylation sites is 6. The van der Waals surface area contributed by atoms with Crippen LogP contribution in [0.15, 0.2) is 453 Å². The zero-order valence-corrected chi connectivity index (χ0v) is 83.6. The summed E-state index contributed by atoms with van der Waals surface area (Å²) in [5.74, 6) is 2.20. The molecule has 11 heteroatoms. The average Bonchev–Trinajstić information content (AvgIpc) is 1.54. The van der Waals surface area contributed by atoms with Gasteiger partial charge in [-0.2, -0.15) is 0 Å². The maximum absolute atomic E-state index is 6.30. The molecule has 0 fully saturated rings. The van der Waals surface area contributed by atoms with E-state index >= 15 is 0 Å². The van der Waals surface area contributed by atoms with Gasteiger partial charge in [-0.15, -0.1) is 0 Å². The lowest BCUT2D eigenvalue weighted by atomic mass is 9.81. The number of aromatic nitrogens is 10. The van der Waals surface area contributed by atoms with Gasteiger partial charge in [0.25, 0.3) is 0 Å². The van der Waals surface area contributed by atoms with Crippen molar-refractivity contribution in [2.75, 3.05) is 0 Å². The monoisotopic (exact) mass is 1910 g/mol. The second-order valence-electron chi connectivity index (χ2n) is 42.2. The van der Waals surface area contributed by atoms with Crippen LogP contribution in [0.25, 0.3) is 245 Å². The first-order valence-corrected chi connectivity index (χ1v) is 51.6. The number of furan rings is 1. The predicted octanol–water partition coefficient (Wildman–Crippen LogP) is 34.9. The molecule has 0 N–H and O–H groups in total. The molecule has 8 heterocycles. The van der Waals surface area contributed by atoms with E-state index in [-0.39, 0.29) is 21.7 Å². The molecule has 0 unspecified atom stereocenters. The third-order valence-electron chi connectivity index (χ3n) is 32.5. The number of hydrogen-bond acceptors (Lipinski definition) is 7. The molecule has 19 aromatic carbocycles. The van der Waals surface area contributed by atoms with Crippen molar-refractivity contribution in [2.45, 2.75) is 77.0 Å². The minimum atomic E-state index is -0.219. The number of nitrogens with zero attached hydrogens (tertiary/aromatic N) is 10. The zero-order valence-electron chi connectivity index (χ0n) is 83.6. The summed E-state index contributed by atoms with van der Waals surface area (Å²) in [6.07, 6.45) is 0. The Balaban J connectivity index is 0.000000105. The van der Waals surface area contributed by atoms with Crippen molar-refractivity contribution < 1.29 is 4.42 Å². The topological polar surface area (TPSA) is 110 Å². The first-order chi connectivity index (χ1) is 73.0. The Labute approximate surface area is 861 Å². The summed E-state index contributed by atoms with van der Waals surface area (Å²) in [4.78, 5) is 31.9. The van der Waals surface area contributed by atoms with Crippen molar-refractivity contribution >= 4 is 109 Å². The number of rotatable bonds is 10. The molecule has 0 bridgehead atoms. The van der Waals surface area contributed by atoms with Crippen LogP contribution in [0.3, 0.4) is 0 Å². The molecule has 0 radical (unpaired) electrons. The van der Waals surface area contributed by atoms with Crippen LogP contribution in [-0.2, 0) is 21.7 Å². The van der Waals surface area contributed by atoms with Gasteiger partial charge in [-0.25, -0.2) is 29.9 Å². The lowest BCUT2D eigenvalue weighted by Crippen LogP contribution is -2.17. The first kappa shape index (κ1) is 87.0. The molecule has 0 aliphatic heterocycles. The predicted molar refractivity (Wildman–Crippen MR) is 614 cm³/mol. The van der Waals surface area contributed by atoms with Crippen LogP contribution in [-0.4, -0.2) is 48.2 Å².